The molecule has 5 heteroatoms. The van der Waals surface area contributed by atoms with Crippen LogP contribution in [-0.4, -0.2) is 25.7 Å². The first-order valence-electron chi connectivity index (χ1n) is 7.37. The molecule has 0 aliphatic heterocycles. The number of aliphatic imine (C=N–C) groups is 1. The molecule has 0 aliphatic carbocycles. The first kappa shape index (κ1) is 20.8. The van der Waals surface area contributed by atoms with Crippen molar-refractivity contribution in [3.63, 3.8) is 0 Å². The fourth-order valence-electron chi connectivity index (χ4n) is 1.63. The summed E-state index contributed by atoms with van der Waals surface area (Å²) in [4.78, 5) is 4.17. The minimum Gasteiger partial charge on any atom is -0.493 e. The van der Waals surface area contributed by atoms with E-state index in [1.165, 1.54) is 5.56 Å². The van der Waals surface area contributed by atoms with Crippen molar-refractivity contribution in [3.05, 3.63) is 42.0 Å². The number of guanidine groups is 1. The van der Waals surface area contributed by atoms with Gasteiger partial charge in [0, 0.05) is 6.54 Å². The number of hydrogen-bond acceptors (Lipinski definition) is 2. The molecule has 0 spiro atoms. The van der Waals surface area contributed by atoms with E-state index in [-0.39, 0.29) is 24.0 Å². The van der Waals surface area contributed by atoms with Crippen LogP contribution in [0.3, 0.4) is 0 Å². The summed E-state index contributed by atoms with van der Waals surface area (Å²) >= 11 is 0. The lowest BCUT2D eigenvalue weighted by atomic mass is 10.1. The Bertz CT molecular complexity index is 469. The lowest BCUT2D eigenvalue weighted by Crippen LogP contribution is -2.33. The van der Waals surface area contributed by atoms with Crippen molar-refractivity contribution in [1.82, 2.24) is 5.32 Å². The molecule has 0 saturated heterocycles. The van der Waals surface area contributed by atoms with E-state index < -0.39 is 0 Å². The summed E-state index contributed by atoms with van der Waals surface area (Å²) in [6, 6.07) is 8.18. The lowest BCUT2D eigenvalue weighted by Gasteiger charge is -2.09. The van der Waals surface area contributed by atoms with E-state index in [0.717, 1.165) is 30.9 Å². The Morgan fingerprint density at radius 3 is 2.50 bits per heavy atom. The monoisotopic (exact) mass is 417 g/mol. The Balaban J connectivity index is 0.00000441. The summed E-state index contributed by atoms with van der Waals surface area (Å²) in [6.45, 7) is 12.1. The zero-order valence-electron chi connectivity index (χ0n) is 13.8. The maximum Gasteiger partial charge on any atom is 0.188 e. The first-order chi connectivity index (χ1) is 9.97. The summed E-state index contributed by atoms with van der Waals surface area (Å²) in [5.74, 6) is 1.92. The fraction of sp³-hybridized carbons (Fsp3) is 0.471. The molecule has 124 valence electrons. The topological polar surface area (TPSA) is 59.6 Å². The van der Waals surface area contributed by atoms with E-state index in [2.05, 4.69) is 42.9 Å². The summed E-state index contributed by atoms with van der Waals surface area (Å²) < 4.78 is 5.66. The van der Waals surface area contributed by atoms with Gasteiger partial charge in [-0.3, -0.25) is 0 Å². The zero-order valence-corrected chi connectivity index (χ0v) is 16.1. The standard InChI is InChI=1S/C17H27N3O.HI/c1-13(2)11-20-17(18)19-10-9-15-5-7-16(8-6-15)21-12-14(3)4;/h5-8,14H,1,9-12H2,2-4H3,(H3,18,19,20);1H. The molecule has 3 N–H and O–H groups in total. The summed E-state index contributed by atoms with van der Waals surface area (Å²) in [6.07, 6.45) is 0.897. The molecule has 1 rings (SSSR count). The van der Waals surface area contributed by atoms with E-state index in [0.29, 0.717) is 18.4 Å². The molecule has 0 heterocycles. The van der Waals surface area contributed by atoms with Crippen molar-refractivity contribution in [2.75, 3.05) is 19.7 Å². The van der Waals surface area contributed by atoms with Crippen molar-refractivity contribution in [2.45, 2.75) is 27.2 Å². The molecular formula is C17H28IN3O. The second-order valence-corrected chi connectivity index (χ2v) is 5.68. The highest BCUT2D eigenvalue weighted by Gasteiger charge is 1.99. The smallest absolute Gasteiger partial charge is 0.188 e. The molecule has 0 bridgehead atoms. The van der Waals surface area contributed by atoms with Gasteiger partial charge in [0.1, 0.15) is 5.75 Å². The second kappa shape index (κ2) is 11.3. The summed E-state index contributed by atoms with van der Waals surface area (Å²) in [7, 11) is 0. The van der Waals surface area contributed by atoms with E-state index in [9.17, 15) is 0 Å². The van der Waals surface area contributed by atoms with Crippen molar-refractivity contribution in [1.29, 1.82) is 0 Å². The third-order valence-corrected chi connectivity index (χ3v) is 2.75. The van der Waals surface area contributed by atoms with Crippen LogP contribution in [0.5, 0.6) is 5.75 Å². The van der Waals surface area contributed by atoms with Gasteiger partial charge in [-0.15, -0.1) is 24.0 Å². The maximum absolute atomic E-state index is 5.76. The average Bonchev–Trinajstić information content (AvgIpc) is 2.44. The van der Waals surface area contributed by atoms with Crippen molar-refractivity contribution in [2.24, 2.45) is 16.6 Å². The van der Waals surface area contributed by atoms with Crippen LogP contribution in [-0.2, 0) is 6.42 Å². The molecule has 0 radical (unpaired) electrons. The molecule has 0 amide bonds. The number of nitrogens with zero attached hydrogens (tertiary/aromatic N) is 1. The van der Waals surface area contributed by atoms with Gasteiger partial charge in [0.2, 0.25) is 0 Å². The summed E-state index contributed by atoms with van der Waals surface area (Å²) in [5.41, 5.74) is 8.00. The van der Waals surface area contributed by atoms with E-state index >= 15 is 0 Å². The van der Waals surface area contributed by atoms with Crippen LogP contribution in [0.15, 0.2) is 41.4 Å². The maximum atomic E-state index is 5.76. The predicted octanol–water partition coefficient (Wildman–Crippen LogP) is 3.36. The number of nitrogens with one attached hydrogen (secondary N) is 1. The lowest BCUT2D eigenvalue weighted by molar-refractivity contribution is 0.271. The van der Waals surface area contributed by atoms with Crippen LogP contribution in [0.25, 0.3) is 0 Å². The van der Waals surface area contributed by atoms with Gasteiger partial charge in [-0.1, -0.05) is 38.1 Å². The molecule has 0 atom stereocenters. The number of halogens is 1. The number of ether oxygens (including phenoxy) is 1. The number of benzene rings is 1. The quantitative estimate of drug-likeness (QED) is 0.295. The van der Waals surface area contributed by atoms with Crippen LogP contribution < -0.4 is 15.8 Å². The minimum atomic E-state index is 0. The fourth-order valence-corrected chi connectivity index (χ4v) is 1.63. The number of hydrogen-bond donors (Lipinski definition) is 2. The predicted molar refractivity (Wildman–Crippen MR) is 105 cm³/mol. The van der Waals surface area contributed by atoms with Crippen molar-refractivity contribution >= 4 is 29.9 Å². The van der Waals surface area contributed by atoms with E-state index in [1.54, 1.807) is 0 Å². The molecule has 0 aromatic heterocycles. The van der Waals surface area contributed by atoms with Gasteiger partial charge >= 0.3 is 0 Å². The molecule has 0 fully saturated rings. The number of rotatable bonds is 8. The Morgan fingerprint density at radius 1 is 1.32 bits per heavy atom. The highest BCUT2D eigenvalue weighted by molar-refractivity contribution is 14.0. The first-order valence-corrected chi connectivity index (χ1v) is 7.37. The van der Waals surface area contributed by atoms with Crippen molar-refractivity contribution < 1.29 is 4.74 Å². The third-order valence-electron chi connectivity index (χ3n) is 2.75. The number of nitrogens with two attached hydrogens (primary N) is 1. The van der Waals surface area contributed by atoms with Crippen LogP contribution in [0, 0.1) is 5.92 Å². The van der Waals surface area contributed by atoms with Gasteiger partial charge < -0.3 is 15.8 Å². The van der Waals surface area contributed by atoms with Crippen LogP contribution in [0.4, 0.5) is 0 Å². The molecule has 4 nitrogen and oxygen atoms in total. The Labute approximate surface area is 151 Å². The largest absolute Gasteiger partial charge is 0.493 e. The molecule has 1 aromatic carbocycles. The van der Waals surface area contributed by atoms with Crippen molar-refractivity contribution in [3.8, 4) is 5.75 Å². The molecule has 0 aliphatic rings. The molecular weight excluding hydrogens is 389 g/mol. The summed E-state index contributed by atoms with van der Waals surface area (Å²) in [5, 5.41) is 3.10. The van der Waals surface area contributed by atoms with Gasteiger partial charge in [0.05, 0.1) is 13.2 Å². The molecule has 1 aromatic rings. The van der Waals surface area contributed by atoms with Gasteiger partial charge in [-0.25, -0.2) is 4.99 Å². The Hall–Kier alpha value is -1.24. The van der Waals surface area contributed by atoms with E-state index in [4.69, 9.17) is 10.5 Å². The normalized spacial score (nSPS) is 11.0. The second-order valence-electron chi connectivity index (χ2n) is 5.68. The average molecular weight is 417 g/mol. The van der Waals surface area contributed by atoms with Gasteiger partial charge in [-0.05, 0) is 37.0 Å². The SMILES string of the molecule is C=C(C)CN=C(N)NCCc1ccc(OCC(C)C)cc1.I. The van der Waals surface area contributed by atoms with Gasteiger partial charge in [0.25, 0.3) is 0 Å². The highest BCUT2D eigenvalue weighted by Crippen LogP contribution is 2.13. The van der Waals surface area contributed by atoms with Crippen LogP contribution >= 0.6 is 24.0 Å². The Morgan fingerprint density at radius 2 is 1.95 bits per heavy atom. The van der Waals surface area contributed by atoms with Crippen LogP contribution in [0.1, 0.15) is 26.3 Å². The van der Waals surface area contributed by atoms with Gasteiger partial charge in [-0.2, -0.15) is 0 Å². The van der Waals surface area contributed by atoms with Crippen LogP contribution in [0.2, 0.25) is 0 Å². The minimum absolute atomic E-state index is 0. The third kappa shape index (κ3) is 9.65. The van der Waals surface area contributed by atoms with Gasteiger partial charge in [0.15, 0.2) is 5.96 Å². The molecule has 0 saturated carbocycles. The zero-order chi connectivity index (χ0) is 15.7. The van der Waals surface area contributed by atoms with E-state index in [1.807, 2.05) is 19.1 Å². The highest BCUT2D eigenvalue weighted by atomic mass is 127. The Kier molecular flexibility index (Phi) is 10.7. The molecule has 0 unspecified atom stereocenters. The molecule has 22 heavy (non-hydrogen) atoms.